The second kappa shape index (κ2) is 19.4. The minimum atomic E-state index is -1.30. The van der Waals surface area contributed by atoms with Gasteiger partial charge in [0, 0.05) is 42.4 Å². The van der Waals surface area contributed by atoms with Gasteiger partial charge in [0.2, 0.25) is 5.91 Å². The van der Waals surface area contributed by atoms with E-state index in [-0.39, 0.29) is 54.2 Å². The number of hydrogen-bond acceptors (Lipinski definition) is 10. The zero-order valence-electron chi connectivity index (χ0n) is 37.4. The summed E-state index contributed by atoms with van der Waals surface area (Å²) in [6.07, 6.45) is 7.43. The molecule has 4 N–H and O–H groups in total. The van der Waals surface area contributed by atoms with Crippen LogP contribution < -0.4 is 5.32 Å². The highest BCUT2D eigenvalue weighted by Crippen LogP contribution is 2.54. The molecule has 0 aliphatic carbocycles. The van der Waals surface area contributed by atoms with Gasteiger partial charge in [0.1, 0.15) is 11.8 Å². The van der Waals surface area contributed by atoms with E-state index >= 15 is 0 Å². The fourth-order valence-electron chi connectivity index (χ4n) is 11.1. The largest absolute Gasteiger partial charge is 0.481 e. The van der Waals surface area contributed by atoms with E-state index in [4.69, 9.17) is 35.3 Å². The maximum Gasteiger partial charge on any atom is 0.309 e. The molecule has 0 aromatic rings. The molecule has 5 rings (SSSR count). The quantitative estimate of drug-likeness (QED) is 0.0906. The van der Waals surface area contributed by atoms with Crippen LogP contribution in [0, 0.1) is 41.4 Å². The summed E-state index contributed by atoms with van der Waals surface area (Å²) in [6.45, 7) is 19.7. The van der Waals surface area contributed by atoms with Gasteiger partial charge in [-0.05, 0) is 96.0 Å². The third-order valence-corrected chi connectivity index (χ3v) is 15.6. The van der Waals surface area contributed by atoms with Crippen LogP contribution in [0.2, 0.25) is 0 Å². The molecular weight excluding hydrogens is 778 g/mol. The molecule has 0 radical (unpaired) electrons. The van der Waals surface area contributed by atoms with Crippen LogP contribution in [0.3, 0.4) is 0 Å². The fraction of sp³-hybridized carbons (Fsp3) is 0.891. The van der Waals surface area contributed by atoms with E-state index in [2.05, 4.69) is 26.1 Å². The number of ketones is 1. The molecule has 0 aromatic carbocycles. The van der Waals surface area contributed by atoms with Crippen LogP contribution in [0.15, 0.2) is 12.2 Å². The molecule has 5 aliphatic heterocycles. The summed E-state index contributed by atoms with van der Waals surface area (Å²) >= 11 is 5.94. The highest BCUT2D eigenvalue weighted by atomic mass is 35.5. The van der Waals surface area contributed by atoms with E-state index < -0.39 is 76.8 Å². The van der Waals surface area contributed by atoms with Gasteiger partial charge in [0.05, 0.1) is 53.7 Å². The molecule has 4 saturated heterocycles. The number of Topliss-reactive ketones (excluding diaryl/α,β-unsaturated/α-hetero) is 1. The third kappa shape index (κ3) is 9.80. The van der Waals surface area contributed by atoms with Gasteiger partial charge in [-0.3, -0.25) is 14.4 Å². The number of aliphatic carboxylic acids is 1. The number of alkyl halides is 1. The van der Waals surface area contributed by atoms with Gasteiger partial charge in [-0.2, -0.15) is 0 Å². The Kier molecular flexibility index (Phi) is 15.9. The summed E-state index contributed by atoms with van der Waals surface area (Å²) in [5.74, 6) is -5.71. The number of nitrogens with one attached hydrogen (secondary N) is 1. The number of carboxylic acids is 1. The lowest BCUT2D eigenvalue weighted by Gasteiger charge is -2.55. The fourth-order valence-corrected chi connectivity index (χ4v) is 11.3. The van der Waals surface area contributed by atoms with Gasteiger partial charge in [-0.25, -0.2) is 0 Å². The van der Waals surface area contributed by atoms with E-state index in [1.165, 1.54) is 0 Å². The van der Waals surface area contributed by atoms with Crippen molar-refractivity contribution in [3.63, 3.8) is 0 Å². The van der Waals surface area contributed by atoms with Crippen molar-refractivity contribution in [3.8, 4) is 0 Å². The Morgan fingerprint density at radius 1 is 0.915 bits per heavy atom. The molecule has 59 heavy (non-hydrogen) atoms. The maximum absolute atomic E-state index is 14.6. The number of aliphatic hydroxyl groups excluding tert-OH is 1. The molecule has 5 aliphatic rings. The van der Waals surface area contributed by atoms with Gasteiger partial charge >= 0.3 is 5.97 Å². The Morgan fingerprint density at radius 3 is 2.22 bits per heavy atom. The van der Waals surface area contributed by atoms with Crippen molar-refractivity contribution in [3.05, 3.63) is 12.2 Å². The molecular formula is C46H76ClNO11. The summed E-state index contributed by atoms with van der Waals surface area (Å²) in [6, 6.07) is -0.632. The highest BCUT2D eigenvalue weighted by molar-refractivity contribution is 6.17. The summed E-state index contributed by atoms with van der Waals surface area (Å²) < 4.78 is 34.4. The van der Waals surface area contributed by atoms with E-state index in [1.54, 1.807) is 6.92 Å². The van der Waals surface area contributed by atoms with E-state index in [0.29, 0.717) is 70.1 Å². The van der Waals surface area contributed by atoms with Crippen molar-refractivity contribution in [2.75, 3.05) is 5.88 Å². The third-order valence-electron chi connectivity index (χ3n) is 15.3. The summed E-state index contributed by atoms with van der Waals surface area (Å²) in [4.78, 5) is 39.9. The Bertz CT molecular complexity index is 1500. The molecule has 0 saturated carbocycles. The highest BCUT2D eigenvalue weighted by Gasteiger charge is 2.63. The molecule has 338 valence electrons. The summed E-state index contributed by atoms with van der Waals surface area (Å²) in [5, 5.41) is 36.0. The molecule has 4 fully saturated rings. The van der Waals surface area contributed by atoms with Crippen LogP contribution in [0.1, 0.15) is 146 Å². The van der Waals surface area contributed by atoms with Crippen molar-refractivity contribution in [1.29, 1.82) is 0 Å². The van der Waals surface area contributed by atoms with Gasteiger partial charge < -0.3 is 44.3 Å². The zero-order valence-corrected chi connectivity index (χ0v) is 38.2. The van der Waals surface area contributed by atoms with E-state index in [9.17, 15) is 29.7 Å². The lowest BCUT2D eigenvalue weighted by molar-refractivity contribution is -0.398. The van der Waals surface area contributed by atoms with Crippen molar-refractivity contribution < 1.29 is 53.4 Å². The van der Waals surface area contributed by atoms with Crippen molar-refractivity contribution in [2.24, 2.45) is 41.4 Å². The normalized spacial score (nSPS) is 42.6. The maximum atomic E-state index is 14.6. The van der Waals surface area contributed by atoms with E-state index in [0.717, 1.165) is 6.42 Å². The van der Waals surface area contributed by atoms with Crippen LogP contribution in [-0.2, 0) is 38.1 Å². The Morgan fingerprint density at radius 2 is 1.61 bits per heavy atom. The molecule has 1 amide bonds. The Balaban J connectivity index is 1.38. The summed E-state index contributed by atoms with van der Waals surface area (Å²) in [5.41, 5.74) is -1.69. The van der Waals surface area contributed by atoms with Crippen LogP contribution in [0.25, 0.3) is 0 Å². The molecule has 0 bridgehead atoms. The zero-order chi connectivity index (χ0) is 43.7. The number of ether oxygens (including phenoxy) is 5. The predicted molar refractivity (Wildman–Crippen MR) is 225 cm³/mol. The number of amides is 1. The molecule has 5 heterocycles. The SMILES string of the molecule is CCC(C(=O)[C@@H](C)[C@@H](O)[C@H](C)[C@@H]1O[C@@H]([C@@H](CC)C(=O)O)CC[C@@H]1C)[C@H]1O[C@]2(C=C[C@@H](NC(=O)CCCCl)[C@]3(CC[C@@](C)([C@H]4CC[C@](O)(CC)[C@H](C)O4)O3)O2)[C@H](C)C[C@@H]1C. The first kappa shape index (κ1) is 48.4. The first-order valence-electron chi connectivity index (χ1n) is 22.8. The second-order valence-electron chi connectivity index (χ2n) is 19.3. The van der Waals surface area contributed by atoms with Crippen molar-refractivity contribution in [1.82, 2.24) is 5.32 Å². The monoisotopic (exact) mass is 854 g/mol. The minimum Gasteiger partial charge on any atom is -0.481 e. The van der Waals surface area contributed by atoms with Crippen LogP contribution >= 0.6 is 11.6 Å². The molecule has 18 atom stereocenters. The van der Waals surface area contributed by atoms with Crippen LogP contribution in [0.5, 0.6) is 0 Å². The number of carboxylic acid groups (broad SMARTS) is 1. The Hall–Kier alpha value is -1.64. The molecule has 2 spiro atoms. The predicted octanol–water partition coefficient (Wildman–Crippen LogP) is 7.33. The van der Waals surface area contributed by atoms with Gasteiger partial charge in [-0.1, -0.05) is 61.5 Å². The van der Waals surface area contributed by atoms with Gasteiger partial charge in [-0.15, -0.1) is 11.6 Å². The average molecular weight is 855 g/mol. The van der Waals surface area contributed by atoms with E-state index in [1.807, 2.05) is 53.7 Å². The molecule has 12 nitrogen and oxygen atoms in total. The molecule has 1 unspecified atom stereocenters. The first-order chi connectivity index (χ1) is 27.7. The number of hydrogen-bond donors (Lipinski definition) is 4. The average Bonchev–Trinajstić information content (AvgIpc) is 3.54. The van der Waals surface area contributed by atoms with Crippen molar-refractivity contribution >= 4 is 29.3 Å². The van der Waals surface area contributed by atoms with Gasteiger partial charge in [0.15, 0.2) is 11.6 Å². The molecule has 0 aromatic heterocycles. The van der Waals surface area contributed by atoms with Crippen molar-refractivity contribution in [2.45, 2.75) is 212 Å². The Labute approximate surface area is 358 Å². The second-order valence-corrected chi connectivity index (χ2v) is 19.7. The lowest BCUT2D eigenvalue weighted by Crippen LogP contribution is -2.65. The standard InChI is InChI=1S/C46H76ClNO11/c1-11-32(42(52)53)34-17-16-26(4)40(56-34)30(8)38(50)29(7)39(51)33(12-2)41-27(5)25-28(6)45(57-41)21-18-35(48-37(49)15-14-24-47)46(59-45)23-22-43(10,58-46)36-19-20-44(54,13-3)31(9)55-36/h18,21,26-36,38,40-41,50,54H,11-17,19-20,22-25H2,1-10H3,(H,48,49)(H,52,53)/t26-,27-,28+,29-,30-,31-,32+,33?,34+,35+,36+,38+,40+,41-,43-,44+,45-,46-/m0/s1. The first-order valence-corrected chi connectivity index (χ1v) is 23.4. The number of carbonyl (C=O) groups is 3. The van der Waals surface area contributed by atoms with Crippen LogP contribution in [-0.4, -0.2) is 104 Å². The molecule has 13 heteroatoms. The number of carbonyl (C=O) groups excluding carboxylic acids is 2. The number of aliphatic hydroxyl groups is 2. The minimum absolute atomic E-state index is 0.0131. The number of rotatable bonds is 16. The van der Waals surface area contributed by atoms with Gasteiger partial charge in [0.25, 0.3) is 0 Å². The summed E-state index contributed by atoms with van der Waals surface area (Å²) in [7, 11) is 0. The lowest BCUT2D eigenvalue weighted by atomic mass is 9.72. The number of halogens is 1. The van der Waals surface area contributed by atoms with Crippen LogP contribution in [0.4, 0.5) is 0 Å². The smallest absolute Gasteiger partial charge is 0.309 e. The topological polar surface area (TPSA) is 170 Å².